The highest BCUT2D eigenvalue weighted by Crippen LogP contribution is 2.46. The van der Waals surface area contributed by atoms with Crippen LogP contribution in [-0.4, -0.2) is 51.8 Å². The molecule has 1 atom stereocenters. The van der Waals surface area contributed by atoms with Crippen molar-refractivity contribution in [2.45, 2.75) is 12.0 Å². The lowest BCUT2D eigenvalue weighted by molar-refractivity contribution is -0.385. The van der Waals surface area contributed by atoms with E-state index in [1.54, 1.807) is 0 Å². The largest absolute Gasteiger partial charge is 0.465 e. The maximum absolute atomic E-state index is 12.7. The summed E-state index contributed by atoms with van der Waals surface area (Å²) in [5.41, 5.74) is -1.36. The zero-order chi connectivity index (χ0) is 18.1. The van der Waals surface area contributed by atoms with Crippen LogP contribution in [0.4, 0.5) is 11.4 Å². The first-order valence-corrected chi connectivity index (χ1v) is 7.07. The molecule has 0 aromatic heterocycles. The van der Waals surface area contributed by atoms with E-state index in [0.29, 0.717) is 11.3 Å². The lowest BCUT2D eigenvalue weighted by Crippen LogP contribution is -2.41. The number of nitro benzene ring substituents is 1. The number of rotatable bonds is 6. The third kappa shape index (κ3) is 2.51. The van der Waals surface area contributed by atoms with Crippen LogP contribution in [0.1, 0.15) is 22.3 Å². The molecule has 2 rings (SSSR count). The predicted molar refractivity (Wildman–Crippen MR) is 83.0 cm³/mol. The van der Waals surface area contributed by atoms with E-state index >= 15 is 0 Å². The van der Waals surface area contributed by atoms with Gasteiger partial charge >= 0.3 is 5.97 Å². The molecule has 0 saturated carbocycles. The van der Waals surface area contributed by atoms with Crippen LogP contribution in [0.15, 0.2) is 12.1 Å². The number of nitrogens with zero attached hydrogens (tertiary/aromatic N) is 2. The van der Waals surface area contributed by atoms with E-state index in [1.165, 1.54) is 38.3 Å². The molecule has 130 valence electrons. The van der Waals surface area contributed by atoms with Crippen molar-refractivity contribution in [1.29, 1.82) is 0 Å². The van der Waals surface area contributed by atoms with Crippen molar-refractivity contribution >= 4 is 23.3 Å². The zero-order valence-electron chi connectivity index (χ0n) is 13.8. The number of nitro groups is 1. The smallest absolute Gasteiger partial charge is 0.344 e. The summed E-state index contributed by atoms with van der Waals surface area (Å²) in [7, 11) is 5.49. The number of ether oxygens (including phenoxy) is 3. The lowest BCUT2D eigenvalue weighted by atomic mass is 9.90. The second-order valence-electron chi connectivity index (χ2n) is 5.27. The van der Waals surface area contributed by atoms with Gasteiger partial charge < -0.3 is 19.1 Å². The van der Waals surface area contributed by atoms with E-state index in [-0.39, 0.29) is 24.5 Å². The zero-order valence-corrected chi connectivity index (χ0v) is 13.8. The van der Waals surface area contributed by atoms with Gasteiger partial charge in [0.25, 0.3) is 11.6 Å². The fourth-order valence-electron chi connectivity index (χ4n) is 2.88. The number of anilines is 1. The molecule has 1 aromatic carbocycles. The first-order chi connectivity index (χ1) is 11.3. The molecule has 0 spiro atoms. The minimum atomic E-state index is -1.39. The molecule has 0 N–H and O–H groups in total. The minimum Gasteiger partial charge on any atom is -0.465 e. The molecule has 0 fully saturated rings. The molecule has 1 aliphatic heterocycles. The molecular formula is C15H18N2O7. The van der Waals surface area contributed by atoms with Gasteiger partial charge in [0, 0.05) is 45.9 Å². The predicted octanol–water partition coefficient (Wildman–Crippen LogP) is 1.24. The van der Waals surface area contributed by atoms with Gasteiger partial charge in [-0.3, -0.25) is 14.9 Å². The fraction of sp³-hybridized carbons (Fsp3) is 0.467. The highest BCUT2D eigenvalue weighted by molar-refractivity contribution is 6.08. The summed E-state index contributed by atoms with van der Waals surface area (Å²) < 4.78 is 15.1. The number of amides is 1. The van der Waals surface area contributed by atoms with E-state index < -0.39 is 22.2 Å². The summed E-state index contributed by atoms with van der Waals surface area (Å²) in [6.07, 6.45) is 0.185. The van der Waals surface area contributed by atoms with Crippen LogP contribution in [-0.2, 0) is 24.6 Å². The Hall–Kier alpha value is -2.52. The lowest BCUT2D eigenvalue weighted by Gasteiger charge is -2.26. The quantitative estimate of drug-likeness (QED) is 0.436. The molecule has 0 radical (unpaired) electrons. The van der Waals surface area contributed by atoms with Gasteiger partial charge in [-0.1, -0.05) is 0 Å². The fourth-order valence-corrected chi connectivity index (χ4v) is 2.88. The van der Waals surface area contributed by atoms with Crippen molar-refractivity contribution in [3.8, 4) is 0 Å². The van der Waals surface area contributed by atoms with Crippen molar-refractivity contribution < 1.29 is 28.7 Å². The molecule has 0 aliphatic carbocycles. The normalized spacial score (nSPS) is 19.3. The van der Waals surface area contributed by atoms with E-state index in [4.69, 9.17) is 9.47 Å². The van der Waals surface area contributed by atoms with Crippen molar-refractivity contribution in [3.63, 3.8) is 0 Å². The van der Waals surface area contributed by atoms with Crippen molar-refractivity contribution in [2.75, 3.05) is 39.9 Å². The average molecular weight is 338 g/mol. The first-order valence-electron chi connectivity index (χ1n) is 7.07. The number of hydrogen-bond donors (Lipinski definition) is 0. The molecule has 24 heavy (non-hydrogen) atoms. The number of benzene rings is 1. The van der Waals surface area contributed by atoms with Gasteiger partial charge in [0.1, 0.15) is 5.56 Å². The molecule has 0 bridgehead atoms. The topological polar surface area (TPSA) is 108 Å². The van der Waals surface area contributed by atoms with E-state index in [0.717, 1.165) is 7.11 Å². The Morgan fingerprint density at radius 1 is 1.33 bits per heavy atom. The third-order valence-electron chi connectivity index (χ3n) is 4.17. The maximum Gasteiger partial charge on any atom is 0.344 e. The Kier molecular flexibility index (Phi) is 4.86. The second kappa shape index (κ2) is 6.54. The number of esters is 1. The highest BCUT2D eigenvalue weighted by Gasteiger charge is 2.51. The van der Waals surface area contributed by atoms with Crippen molar-refractivity contribution in [3.05, 3.63) is 33.4 Å². The van der Waals surface area contributed by atoms with Crippen LogP contribution in [0, 0.1) is 10.1 Å². The molecule has 0 saturated heterocycles. The van der Waals surface area contributed by atoms with Crippen LogP contribution in [0.25, 0.3) is 0 Å². The molecule has 1 heterocycles. The van der Waals surface area contributed by atoms with Crippen LogP contribution in [0.3, 0.4) is 0 Å². The number of hydrogen-bond acceptors (Lipinski definition) is 7. The molecule has 1 aliphatic rings. The SMILES string of the molecule is COCCC1(OC)C(=O)N(C)c2cc(C(=O)OC)c([N+](=O)[O-])cc21. The van der Waals surface area contributed by atoms with Gasteiger partial charge in [-0.25, -0.2) is 4.79 Å². The van der Waals surface area contributed by atoms with Crippen LogP contribution >= 0.6 is 0 Å². The van der Waals surface area contributed by atoms with Gasteiger partial charge in [0.15, 0.2) is 5.60 Å². The number of carbonyl (C=O) groups excluding carboxylic acids is 2. The molecular weight excluding hydrogens is 320 g/mol. The second-order valence-corrected chi connectivity index (χ2v) is 5.27. The Bertz CT molecular complexity index is 703. The van der Waals surface area contributed by atoms with Crippen molar-refractivity contribution in [2.24, 2.45) is 0 Å². The van der Waals surface area contributed by atoms with E-state index in [9.17, 15) is 19.7 Å². The Balaban J connectivity index is 2.72. The molecule has 9 heteroatoms. The van der Waals surface area contributed by atoms with Crippen LogP contribution in [0.5, 0.6) is 0 Å². The van der Waals surface area contributed by atoms with Gasteiger partial charge in [-0.15, -0.1) is 0 Å². The standard InChI is InChI=1S/C15H18N2O7/c1-16-12-7-9(13(18)23-3)11(17(20)21)8-10(12)15(24-4,14(16)19)5-6-22-2/h7-8H,5-6H2,1-4H3. The summed E-state index contributed by atoms with van der Waals surface area (Å²) >= 11 is 0. The third-order valence-corrected chi connectivity index (χ3v) is 4.17. The number of methoxy groups -OCH3 is 3. The van der Waals surface area contributed by atoms with Crippen LogP contribution < -0.4 is 4.90 Å². The number of fused-ring (bicyclic) bond motifs is 1. The highest BCUT2D eigenvalue weighted by atomic mass is 16.6. The summed E-state index contributed by atoms with van der Waals surface area (Å²) in [5.74, 6) is -1.23. The average Bonchev–Trinajstić information content (AvgIpc) is 2.79. The van der Waals surface area contributed by atoms with E-state index in [2.05, 4.69) is 4.74 Å². The van der Waals surface area contributed by atoms with Gasteiger partial charge in [-0.2, -0.15) is 0 Å². The maximum atomic E-state index is 12.7. The Morgan fingerprint density at radius 3 is 2.50 bits per heavy atom. The summed E-state index contributed by atoms with van der Waals surface area (Å²) in [6.45, 7) is 0.222. The van der Waals surface area contributed by atoms with E-state index in [1.807, 2.05) is 0 Å². The van der Waals surface area contributed by atoms with Gasteiger partial charge in [0.2, 0.25) is 0 Å². The van der Waals surface area contributed by atoms with Crippen LogP contribution in [0.2, 0.25) is 0 Å². The summed E-state index contributed by atoms with van der Waals surface area (Å²) in [6, 6.07) is 2.48. The number of carbonyl (C=O) groups is 2. The molecule has 1 aromatic rings. The summed E-state index contributed by atoms with van der Waals surface area (Å²) in [4.78, 5) is 36.5. The van der Waals surface area contributed by atoms with Gasteiger partial charge in [0.05, 0.1) is 17.7 Å². The first kappa shape index (κ1) is 17.8. The van der Waals surface area contributed by atoms with Gasteiger partial charge in [-0.05, 0) is 6.07 Å². The molecule has 9 nitrogen and oxygen atoms in total. The minimum absolute atomic E-state index is 0.185. The summed E-state index contributed by atoms with van der Waals surface area (Å²) in [5, 5.41) is 11.4. The van der Waals surface area contributed by atoms with Crippen molar-refractivity contribution in [1.82, 2.24) is 0 Å². The Labute approximate surface area is 138 Å². The number of likely N-dealkylation sites (N-methyl/N-ethyl adjacent to an activating group) is 1. The Morgan fingerprint density at radius 2 is 2.00 bits per heavy atom. The monoisotopic (exact) mass is 338 g/mol. The molecule has 1 amide bonds. The molecule has 1 unspecified atom stereocenters.